The smallest absolute Gasteiger partial charge is 0.191 e. The Hall–Kier alpha value is -2.49. The summed E-state index contributed by atoms with van der Waals surface area (Å²) in [5.74, 6) is 2.69. The normalized spacial score (nSPS) is 16.4. The Bertz CT molecular complexity index is 1020. The van der Waals surface area contributed by atoms with Crippen LogP contribution < -0.4 is 20.3 Å². The van der Waals surface area contributed by atoms with Crippen LogP contribution in [0.15, 0.2) is 53.5 Å². The summed E-state index contributed by atoms with van der Waals surface area (Å²) in [6.45, 7) is 2.51. The topological polar surface area (TPSA) is 66.7 Å². The van der Waals surface area contributed by atoms with Crippen molar-refractivity contribution < 1.29 is 4.74 Å². The minimum atomic E-state index is 0. The van der Waals surface area contributed by atoms with Crippen LogP contribution in [-0.2, 0) is 13.6 Å². The highest BCUT2D eigenvalue weighted by Gasteiger charge is 2.25. The molecule has 1 atom stereocenters. The third-order valence-electron chi connectivity index (χ3n) is 5.47. The van der Waals surface area contributed by atoms with Gasteiger partial charge in [-0.25, -0.2) is 4.98 Å². The third-order valence-corrected chi connectivity index (χ3v) is 5.47. The van der Waals surface area contributed by atoms with Crippen molar-refractivity contribution in [2.75, 3.05) is 32.1 Å². The van der Waals surface area contributed by atoms with Gasteiger partial charge in [0.1, 0.15) is 11.6 Å². The van der Waals surface area contributed by atoms with E-state index in [1.807, 2.05) is 37.4 Å². The molecule has 0 spiro atoms. The molecule has 1 saturated heterocycles. The summed E-state index contributed by atoms with van der Waals surface area (Å²) < 4.78 is 7.63. The number of nitrogens with one attached hydrogen (secondary N) is 2. The molecule has 0 radical (unpaired) electrons. The van der Waals surface area contributed by atoms with Crippen LogP contribution in [0.2, 0.25) is 0 Å². The average molecular weight is 520 g/mol. The molecule has 1 aliphatic heterocycles. The summed E-state index contributed by atoms with van der Waals surface area (Å²) in [4.78, 5) is 11.5. The van der Waals surface area contributed by atoms with Gasteiger partial charge in [0.05, 0.1) is 30.4 Å². The Balaban J connectivity index is 0.00000256. The lowest BCUT2D eigenvalue weighted by Gasteiger charge is -2.22. The van der Waals surface area contributed by atoms with Gasteiger partial charge in [-0.1, -0.05) is 24.3 Å². The number of fused-ring (bicyclic) bond motifs is 1. The van der Waals surface area contributed by atoms with Gasteiger partial charge in [0.25, 0.3) is 0 Å². The van der Waals surface area contributed by atoms with Gasteiger partial charge in [-0.3, -0.25) is 4.99 Å². The summed E-state index contributed by atoms with van der Waals surface area (Å²) in [5, 5.41) is 6.95. The van der Waals surface area contributed by atoms with Gasteiger partial charge >= 0.3 is 0 Å². The molecule has 1 aromatic heterocycles. The van der Waals surface area contributed by atoms with Crippen LogP contribution in [-0.4, -0.2) is 48.8 Å². The number of para-hydroxylation sites is 4. The first-order chi connectivity index (χ1) is 14.2. The second-order valence-electron chi connectivity index (χ2n) is 7.25. The van der Waals surface area contributed by atoms with E-state index in [0.29, 0.717) is 12.6 Å². The molecule has 1 fully saturated rings. The first-order valence-corrected chi connectivity index (χ1v) is 9.95. The molecule has 3 aromatic rings. The van der Waals surface area contributed by atoms with Crippen molar-refractivity contribution in [2.45, 2.75) is 19.0 Å². The second-order valence-corrected chi connectivity index (χ2v) is 7.25. The van der Waals surface area contributed by atoms with Crippen molar-refractivity contribution in [3.63, 3.8) is 0 Å². The van der Waals surface area contributed by atoms with Crippen LogP contribution in [0.5, 0.6) is 5.75 Å². The van der Waals surface area contributed by atoms with Crippen molar-refractivity contribution in [2.24, 2.45) is 12.0 Å². The number of hydrogen-bond acceptors (Lipinski definition) is 4. The van der Waals surface area contributed by atoms with Crippen LogP contribution in [0, 0.1) is 0 Å². The molecule has 1 aliphatic rings. The maximum atomic E-state index is 5.51. The summed E-state index contributed by atoms with van der Waals surface area (Å²) in [7, 11) is 5.57. The zero-order valence-corrected chi connectivity index (χ0v) is 20.0. The molecular formula is C22H29IN6O. The van der Waals surface area contributed by atoms with Crippen LogP contribution >= 0.6 is 24.0 Å². The predicted molar refractivity (Wildman–Crippen MR) is 133 cm³/mol. The fourth-order valence-corrected chi connectivity index (χ4v) is 3.89. The number of nitrogens with zero attached hydrogens (tertiary/aromatic N) is 4. The molecule has 2 heterocycles. The second kappa shape index (κ2) is 10.0. The molecule has 4 rings (SSSR count). The number of methoxy groups -OCH3 is 1. The molecule has 0 aliphatic carbocycles. The lowest BCUT2D eigenvalue weighted by atomic mass is 10.2. The average Bonchev–Trinajstić information content (AvgIpc) is 3.35. The Morgan fingerprint density at radius 2 is 1.97 bits per heavy atom. The van der Waals surface area contributed by atoms with Crippen molar-refractivity contribution in [3.8, 4) is 5.75 Å². The zero-order valence-electron chi connectivity index (χ0n) is 17.6. The Morgan fingerprint density at radius 1 is 1.20 bits per heavy atom. The van der Waals surface area contributed by atoms with E-state index in [-0.39, 0.29) is 24.0 Å². The maximum absolute atomic E-state index is 5.51. The molecule has 8 heteroatoms. The van der Waals surface area contributed by atoms with Gasteiger partial charge < -0.3 is 24.8 Å². The fraction of sp³-hybridized carbons (Fsp3) is 0.364. The van der Waals surface area contributed by atoms with E-state index < -0.39 is 0 Å². The number of rotatable bonds is 5. The summed E-state index contributed by atoms with van der Waals surface area (Å²) in [6.07, 6.45) is 1.05. The number of imidazole rings is 1. The van der Waals surface area contributed by atoms with Crippen LogP contribution in [0.4, 0.5) is 5.69 Å². The number of benzene rings is 2. The molecule has 2 N–H and O–H groups in total. The molecule has 0 bridgehead atoms. The highest BCUT2D eigenvalue weighted by Crippen LogP contribution is 2.30. The number of guanidine groups is 1. The van der Waals surface area contributed by atoms with Crippen molar-refractivity contribution in [3.05, 3.63) is 54.4 Å². The van der Waals surface area contributed by atoms with Gasteiger partial charge in [0, 0.05) is 33.2 Å². The van der Waals surface area contributed by atoms with E-state index in [1.165, 1.54) is 0 Å². The summed E-state index contributed by atoms with van der Waals surface area (Å²) in [6, 6.07) is 16.7. The molecule has 0 saturated carbocycles. The molecule has 1 unspecified atom stereocenters. The maximum Gasteiger partial charge on any atom is 0.191 e. The molecule has 160 valence electrons. The zero-order chi connectivity index (χ0) is 20.2. The van der Waals surface area contributed by atoms with E-state index in [0.717, 1.165) is 53.8 Å². The molecule has 2 aromatic carbocycles. The van der Waals surface area contributed by atoms with E-state index in [9.17, 15) is 0 Å². The number of anilines is 1. The van der Waals surface area contributed by atoms with Crippen molar-refractivity contribution in [1.82, 2.24) is 20.2 Å². The Morgan fingerprint density at radius 3 is 2.73 bits per heavy atom. The number of aromatic nitrogens is 2. The Kier molecular flexibility index (Phi) is 7.41. The van der Waals surface area contributed by atoms with E-state index >= 15 is 0 Å². The Labute approximate surface area is 194 Å². The number of hydrogen-bond donors (Lipinski definition) is 2. The fourth-order valence-electron chi connectivity index (χ4n) is 3.89. The lowest BCUT2D eigenvalue weighted by Crippen LogP contribution is -2.44. The summed E-state index contributed by atoms with van der Waals surface area (Å²) >= 11 is 0. The van der Waals surface area contributed by atoms with Gasteiger partial charge in [-0.2, -0.15) is 0 Å². The minimum Gasteiger partial charge on any atom is -0.495 e. The van der Waals surface area contributed by atoms with Gasteiger partial charge in [0.2, 0.25) is 0 Å². The third kappa shape index (κ3) is 4.63. The highest BCUT2D eigenvalue weighted by molar-refractivity contribution is 14.0. The van der Waals surface area contributed by atoms with E-state index in [4.69, 9.17) is 9.72 Å². The number of halogens is 1. The van der Waals surface area contributed by atoms with Gasteiger partial charge in [0.15, 0.2) is 5.96 Å². The number of aliphatic imine (C=N–C) groups is 1. The van der Waals surface area contributed by atoms with E-state index in [1.54, 1.807) is 14.2 Å². The monoisotopic (exact) mass is 520 g/mol. The predicted octanol–water partition coefficient (Wildman–Crippen LogP) is 3.14. The first-order valence-electron chi connectivity index (χ1n) is 9.95. The molecular weight excluding hydrogens is 491 g/mol. The molecule has 0 amide bonds. The molecule has 7 nitrogen and oxygen atoms in total. The van der Waals surface area contributed by atoms with Gasteiger partial charge in [-0.05, 0) is 30.7 Å². The van der Waals surface area contributed by atoms with E-state index in [2.05, 4.69) is 43.3 Å². The standard InChI is InChI=1S/C22H28N6O.HI/c1-23-22(24-14-21-26-17-8-4-5-9-18(17)27(21)2)25-16-12-13-28(15-16)19-10-6-7-11-20(19)29-3;/h4-11,16H,12-15H2,1-3H3,(H2,23,24,25);1H. The number of ether oxygens (including phenoxy) is 1. The van der Waals surface area contributed by atoms with Crippen LogP contribution in [0.1, 0.15) is 12.2 Å². The SMILES string of the molecule is CN=C(NCc1nc2ccccc2n1C)NC1CCN(c2ccccc2OC)C1.I. The van der Waals surface area contributed by atoms with Gasteiger partial charge in [-0.15, -0.1) is 24.0 Å². The first kappa shape index (κ1) is 22.2. The van der Waals surface area contributed by atoms with Crippen molar-refractivity contribution >= 4 is 46.7 Å². The summed E-state index contributed by atoms with van der Waals surface area (Å²) in [5.41, 5.74) is 3.29. The largest absolute Gasteiger partial charge is 0.495 e. The van der Waals surface area contributed by atoms with Crippen molar-refractivity contribution in [1.29, 1.82) is 0 Å². The highest BCUT2D eigenvalue weighted by atomic mass is 127. The minimum absolute atomic E-state index is 0. The lowest BCUT2D eigenvalue weighted by molar-refractivity contribution is 0.415. The number of aryl methyl sites for hydroxylation is 1. The van der Waals surface area contributed by atoms with Crippen LogP contribution in [0.3, 0.4) is 0 Å². The van der Waals surface area contributed by atoms with Crippen LogP contribution in [0.25, 0.3) is 11.0 Å². The quantitative estimate of drug-likeness (QED) is 0.308. The molecule has 30 heavy (non-hydrogen) atoms.